The zero-order valence-electron chi connectivity index (χ0n) is 15.2. The summed E-state index contributed by atoms with van der Waals surface area (Å²) in [6.07, 6.45) is 4.24. The van der Waals surface area contributed by atoms with Crippen molar-refractivity contribution in [2.75, 3.05) is 7.11 Å². The predicted octanol–water partition coefficient (Wildman–Crippen LogP) is 4.37. The molecule has 0 aliphatic carbocycles. The lowest BCUT2D eigenvalue weighted by Crippen LogP contribution is -2.08. The van der Waals surface area contributed by atoms with Crippen LogP contribution in [0.1, 0.15) is 49.7 Å². The fourth-order valence-electron chi connectivity index (χ4n) is 3.32. The van der Waals surface area contributed by atoms with Gasteiger partial charge in [0.1, 0.15) is 0 Å². The van der Waals surface area contributed by atoms with Gasteiger partial charge in [-0.15, -0.1) is 0 Å². The molecule has 3 aromatic rings. The number of rotatable bonds is 8. The second-order valence-corrected chi connectivity index (χ2v) is 6.48. The number of aromatic nitrogens is 4. The van der Waals surface area contributed by atoms with Crippen molar-refractivity contribution in [3.8, 4) is 11.3 Å². The van der Waals surface area contributed by atoms with E-state index in [4.69, 9.17) is 9.72 Å². The number of hydrogen-bond donors (Lipinski definition) is 1. The van der Waals surface area contributed by atoms with Gasteiger partial charge in [0.25, 0.3) is 0 Å². The van der Waals surface area contributed by atoms with E-state index in [0.717, 1.165) is 36.5 Å². The molecule has 3 rings (SSSR count). The lowest BCUT2D eigenvalue weighted by Gasteiger charge is -2.16. The Labute approximate surface area is 149 Å². The van der Waals surface area contributed by atoms with Crippen LogP contribution in [-0.4, -0.2) is 26.9 Å². The highest BCUT2D eigenvalue weighted by molar-refractivity contribution is 5.62. The molecular formula is C20H26N4O. The Hall–Kier alpha value is -2.40. The molecule has 0 spiro atoms. The minimum atomic E-state index is 0.448. The summed E-state index contributed by atoms with van der Waals surface area (Å²) in [7, 11) is 1.68. The minimum absolute atomic E-state index is 0.448. The van der Waals surface area contributed by atoms with Crippen LogP contribution >= 0.6 is 0 Å². The quantitative estimate of drug-likeness (QED) is 0.663. The van der Waals surface area contributed by atoms with Crippen LogP contribution in [0.2, 0.25) is 0 Å². The number of aromatic amines is 1. The number of ether oxygens (including phenoxy) is 1. The molecule has 5 heteroatoms. The normalized spacial score (nSPS) is 12.4. The number of methoxy groups -OCH3 is 1. The van der Waals surface area contributed by atoms with Crippen molar-refractivity contribution in [2.45, 2.75) is 45.8 Å². The van der Waals surface area contributed by atoms with Crippen LogP contribution in [0.3, 0.4) is 0 Å². The van der Waals surface area contributed by atoms with Gasteiger partial charge in [-0.3, -0.25) is 5.10 Å². The molecule has 0 fully saturated rings. The van der Waals surface area contributed by atoms with E-state index in [1.807, 2.05) is 12.4 Å². The Bertz CT molecular complexity index is 791. The van der Waals surface area contributed by atoms with Crippen molar-refractivity contribution in [1.29, 1.82) is 0 Å². The predicted molar refractivity (Wildman–Crippen MR) is 99.4 cm³/mol. The highest BCUT2D eigenvalue weighted by Crippen LogP contribution is 2.31. The third-order valence-electron chi connectivity index (χ3n) is 4.43. The first-order chi connectivity index (χ1) is 12.2. The molecule has 2 aromatic heterocycles. The molecule has 0 unspecified atom stereocenters. The summed E-state index contributed by atoms with van der Waals surface area (Å²) in [6, 6.07) is 12.5. The van der Waals surface area contributed by atoms with Crippen LogP contribution in [0, 0.1) is 0 Å². The van der Waals surface area contributed by atoms with Gasteiger partial charge in [-0.25, -0.2) is 4.98 Å². The van der Waals surface area contributed by atoms with Crippen molar-refractivity contribution < 1.29 is 4.74 Å². The zero-order chi connectivity index (χ0) is 17.6. The van der Waals surface area contributed by atoms with Crippen molar-refractivity contribution >= 4 is 0 Å². The number of nitrogens with one attached hydrogen (secondary N) is 1. The molecule has 25 heavy (non-hydrogen) atoms. The summed E-state index contributed by atoms with van der Waals surface area (Å²) in [5, 5.41) is 7.40. The maximum Gasteiger partial charge on any atom is 0.0959 e. The molecular weight excluding hydrogens is 312 g/mol. The van der Waals surface area contributed by atoms with Crippen molar-refractivity contribution in [1.82, 2.24) is 19.7 Å². The average Bonchev–Trinajstić information content (AvgIpc) is 3.24. The molecule has 0 saturated carbocycles. The smallest absolute Gasteiger partial charge is 0.0959 e. The topological polar surface area (TPSA) is 55.7 Å². The Morgan fingerprint density at radius 2 is 2.04 bits per heavy atom. The number of H-pyrrole nitrogens is 1. The van der Waals surface area contributed by atoms with E-state index in [0.29, 0.717) is 12.5 Å². The van der Waals surface area contributed by atoms with Crippen LogP contribution in [-0.2, 0) is 17.9 Å². The number of hydrogen-bond acceptors (Lipinski definition) is 3. The van der Waals surface area contributed by atoms with Gasteiger partial charge in [0, 0.05) is 18.4 Å². The molecule has 5 nitrogen and oxygen atoms in total. The first kappa shape index (κ1) is 17.4. The fourth-order valence-corrected chi connectivity index (χ4v) is 3.32. The SMILES string of the molecule is CCC[C@H](C)c1c(-c2ccccc2)ncn1Cc1cc(COC)n[nH]1. The van der Waals surface area contributed by atoms with E-state index in [9.17, 15) is 0 Å². The molecule has 1 atom stereocenters. The molecule has 2 heterocycles. The highest BCUT2D eigenvalue weighted by atomic mass is 16.5. The minimum Gasteiger partial charge on any atom is -0.378 e. The largest absolute Gasteiger partial charge is 0.378 e. The summed E-state index contributed by atoms with van der Waals surface area (Å²) in [4.78, 5) is 4.73. The van der Waals surface area contributed by atoms with Crippen LogP contribution in [0.4, 0.5) is 0 Å². The summed E-state index contributed by atoms with van der Waals surface area (Å²) in [6.45, 7) is 5.77. The molecule has 0 amide bonds. The first-order valence-electron chi connectivity index (χ1n) is 8.85. The second-order valence-electron chi connectivity index (χ2n) is 6.48. The maximum atomic E-state index is 5.15. The van der Waals surface area contributed by atoms with E-state index >= 15 is 0 Å². The van der Waals surface area contributed by atoms with Crippen molar-refractivity contribution in [2.24, 2.45) is 0 Å². The monoisotopic (exact) mass is 338 g/mol. The maximum absolute atomic E-state index is 5.15. The van der Waals surface area contributed by atoms with E-state index < -0.39 is 0 Å². The van der Waals surface area contributed by atoms with Crippen molar-refractivity contribution in [3.63, 3.8) is 0 Å². The molecule has 0 bridgehead atoms. The van der Waals surface area contributed by atoms with Gasteiger partial charge in [-0.05, 0) is 18.4 Å². The van der Waals surface area contributed by atoms with Crippen LogP contribution in [0.5, 0.6) is 0 Å². The van der Waals surface area contributed by atoms with Gasteiger partial charge in [0.05, 0.1) is 36.6 Å². The summed E-state index contributed by atoms with van der Waals surface area (Å²) < 4.78 is 7.39. The first-order valence-corrected chi connectivity index (χ1v) is 8.85. The second kappa shape index (κ2) is 8.12. The average molecular weight is 338 g/mol. The molecule has 0 aliphatic rings. The van der Waals surface area contributed by atoms with Crippen LogP contribution in [0.25, 0.3) is 11.3 Å². The van der Waals surface area contributed by atoms with Crippen molar-refractivity contribution in [3.05, 3.63) is 59.8 Å². The van der Waals surface area contributed by atoms with Gasteiger partial charge in [0.15, 0.2) is 0 Å². The number of benzene rings is 1. The standard InChI is InChI=1S/C20H26N4O/c1-4-8-15(2)20-19(16-9-6-5-7-10-16)21-14-24(20)12-17-11-18(13-25-3)23-22-17/h5-7,9-11,14-15H,4,8,12-13H2,1-3H3,(H,22,23)/t15-/m0/s1. The summed E-state index contributed by atoms with van der Waals surface area (Å²) >= 11 is 0. The Morgan fingerprint density at radius 3 is 2.76 bits per heavy atom. The molecule has 1 N–H and O–H groups in total. The van der Waals surface area contributed by atoms with Gasteiger partial charge in [-0.2, -0.15) is 5.10 Å². The van der Waals surface area contributed by atoms with Gasteiger partial charge in [-0.1, -0.05) is 50.6 Å². The molecule has 0 radical (unpaired) electrons. The molecule has 0 aliphatic heterocycles. The van der Waals surface area contributed by atoms with Gasteiger partial charge < -0.3 is 9.30 Å². The third kappa shape index (κ3) is 3.99. The lowest BCUT2D eigenvalue weighted by molar-refractivity contribution is 0.181. The van der Waals surface area contributed by atoms with E-state index in [-0.39, 0.29) is 0 Å². The molecule has 1 aromatic carbocycles. The molecule has 132 valence electrons. The Morgan fingerprint density at radius 1 is 1.24 bits per heavy atom. The van der Waals surface area contributed by atoms with Gasteiger partial charge in [0.2, 0.25) is 0 Å². The highest BCUT2D eigenvalue weighted by Gasteiger charge is 2.19. The number of nitrogens with zero attached hydrogens (tertiary/aromatic N) is 3. The van der Waals surface area contributed by atoms with Crippen LogP contribution in [0.15, 0.2) is 42.7 Å². The van der Waals surface area contributed by atoms with E-state index in [1.165, 1.54) is 11.3 Å². The lowest BCUT2D eigenvalue weighted by atomic mass is 9.97. The fraction of sp³-hybridized carbons (Fsp3) is 0.400. The summed E-state index contributed by atoms with van der Waals surface area (Å²) in [5.41, 5.74) is 5.52. The van der Waals surface area contributed by atoms with Crippen LogP contribution < -0.4 is 0 Å². The third-order valence-corrected chi connectivity index (χ3v) is 4.43. The molecule has 0 saturated heterocycles. The Kier molecular flexibility index (Phi) is 5.66. The van der Waals surface area contributed by atoms with E-state index in [2.05, 4.69) is 58.9 Å². The van der Waals surface area contributed by atoms with Gasteiger partial charge >= 0.3 is 0 Å². The number of imidazole rings is 1. The summed E-state index contributed by atoms with van der Waals surface area (Å²) in [5.74, 6) is 0.448. The zero-order valence-corrected chi connectivity index (χ0v) is 15.2. The Balaban J connectivity index is 1.93. The van der Waals surface area contributed by atoms with E-state index in [1.54, 1.807) is 7.11 Å².